The molecule has 0 unspecified atom stereocenters. The van der Waals surface area contributed by atoms with Gasteiger partial charge in [0.15, 0.2) is 4.34 Å². The predicted molar refractivity (Wildman–Crippen MR) is 117 cm³/mol. The van der Waals surface area contributed by atoms with Crippen LogP contribution in [-0.2, 0) is 14.8 Å². The molecule has 12 heteroatoms. The van der Waals surface area contributed by atoms with E-state index in [9.17, 15) is 13.2 Å². The zero-order valence-electron chi connectivity index (χ0n) is 16.5. The molecule has 0 atom stereocenters. The number of amides is 1. The Labute approximate surface area is 182 Å². The third-order valence-electron chi connectivity index (χ3n) is 3.72. The summed E-state index contributed by atoms with van der Waals surface area (Å²) in [6, 6.07) is 7.66. The molecule has 0 fully saturated rings. The van der Waals surface area contributed by atoms with Crippen LogP contribution in [0.25, 0.3) is 0 Å². The second-order valence-corrected chi connectivity index (χ2v) is 10.5. The van der Waals surface area contributed by atoms with E-state index < -0.39 is 10.0 Å². The lowest BCUT2D eigenvalue weighted by atomic mass is 10.3. The molecule has 3 aromatic rings. The van der Waals surface area contributed by atoms with Crippen LogP contribution in [0.15, 0.2) is 39.6 Å². The van der Waals surface area contributed by atoms with Gasteiger partial charge in [0.25, 0.3) is 10.0 Å². The molecule has 2 N–H and O–H groups in total. The topological polar surface area (TPSA) is 127 Å². The van der Waals surface area contributed by atoms with Gasteiger partial charge >= 0.3 is 0 Å². The highest BCUT2D eigenvalue weighted by Crippen LogP contribution is 2.23. The van der Waals surface area contributed by atoms with Crippen LogP contribution in [0.4, 0.5) is 11.6 Å². The number of rotatable bonds is 8. The van der Waals surface area contributed by atoms with Crippen LogP contribution >= 0.6 is 23.1 Å². The molecule has 30 heavy (non-hydrogen) atoms. The van der Waals surface area contributed by atoms with Crippen LogP contribution in [0, 0.1) is 20.8 Å². The molecule has 1 amide bonds. The maximum atomic E-state index is 12.5. The van der Waals surface area contributed by atoms with Crippen LogP contribution in [0.1, 0.15) is 22.8 Å². The van der Waals surface area contributed by atoms with E-state index in [0.717, 1.165) is 9.35 Å². The summed E-state index contributed by atoms with van der Waals surface area (Å²) >= 11 is 2.96. The average Bonchev–Trinajstić information content (AvgIpc) is 3.06. The number of nitrogens with one attached hydrogen (secondary N) is 2. The van der Waals surface area contributed by atoms with Crippen LogP contribution in [0.5, 0.6) is 0 Å². The Morgan fingerprint density at radius 3 is 2.33 bits per heavy atom. The summed E-state index contributed by atoms with van der Waals surface area (Å²) in [7, 11) is -3.84. The average molecular weight is 465 g/mol. The first kappa shape index (κ1) is 22.1. The lowest BCUT2D eigenvalue weighted by Gasteiger charge is -2.09. The normalized spacial score (nSPS) is 11.3. The molecule has 0 aliphatic carbocycles. The van der Waals surface area contributed by atoms with E-state index in [2.05, 4.69) is 30.2 Å². The van der Waals surface area contributed by atoms with Crippen LogP contribution in [-0.4, -0.2) is 40.2 Å². The summed E-state index contributed by atoms with van der Waals surface area (Å²) in [6.45, 7) is 5.40. The highest BCUT2D eigenvalue weighted by atomic mass is 32.2. The standard InChI is InChI=1S/C18H20N6O3S3/c1-11-10-12(2)20-17(19-11)24-30(26,27)15-6-4-14(5-7-15)21-16(25)8-9-28-18-23-22-13(3)29-18/h4-7,10H,8-9H2,1-3H3,(H,21,25)(H,19,20,24). The molecule has 0 aliphatic rings. The number of hydrogen-bond acceptors (Lipinski definition) is 9. The largest absolute Gasteiger partial charge is 0.326 e. The van der Waals surface area contributed by atoms with Crippen molar-refractivity contribution >= 4 is 50.7 Å². The summed E-state index contributed by atoms with van der Waals surface area (Å²) in [6.07, 6.45) is 0.301. The maximum absolute atomic E-state index is 12.5. The second kappa shape index (κ2) is 9.49. The van der Waals surface area contributed by atoms with Gasteiger partial charge in [0.1, 0.15) is 5.01 Å². The minimum Gasteiger partial charge on any atom is -0.326 e. The van der Waals surface area contributed by atoms with E-state index in [0.29, 0.717) is 29.2 Å². The molecule has 0 saturated heterocycles. The van der Waals surface area contributed by atoms with E-state index in [-0.39, 0.29) is 16.8 Å². The Balaban J connectivity index is 1.56. The number of aromatic nitrogens is 4. The first-order chi connectivity index (χ1) is 14.2. The molecule has 1 aromatic carbocycles. The van der Waals surface area contributed by atoms with Crippen molar-refractivity contribution in [3.63, 3.8) is 0 Å². The summed E-state index contributed by atoms with van der Waals surface area (Å²) < 4.78 is 28.3. The number of sulfonamides is 1. The number of carbonyl (C=O) groups is 1. The van der Waals surface area contributed by atoms with Crippen LogP contribution in [0.3, 0.4) is 0 Å². The van der Waals surface area contributed by atoms with Gasteiger partial charge in [-0.1, -0.05) is 23.1 Å². The summed E-state index contributed by atoms with van der Waals surface area (Å²) in [5, 5.41) is 11.6. The van der Waals surface area contributed by atoms with E-state index >= 15 is 0 Å². The molecule has 0 spiro atoms. The van der Waals surface area contributed by atoms with Gasteiger partial charge in [0.05, 0.1) is 4.90 Å². The Morgan fingerprint density at radius 2 is 1.73 bits per heavy atom. The summed E-state index contributed by atoms with van der Waals surface area (Å²) in [4.78, 5) is 20.3. The van der Waals surface area contributed by atoms with E-state index in [1.165, 1.54) is 47.4 Å². The van der Waals surface area contributed by atoms with Crippen molar-refractivity contribution in [2.24, 2.45) is 0 Å². The van der Waals surface area contributed by atoms with Crippen molar-refractivity contribution in [1.29, 1.82) is 0 Å². The van der Waals surface area contributed by atoms with Gasteiger partial charge in [-0.2, -0.15) is 0 Å². The van der Waals surface area contributed by atoms with Crippen molar-refractivity contribution < 1.29 is 13.2 Å². The molecule has 0 aliphatic heterocycles. The van der Waals surface area contributed by atoms with E-state index in [4.69, 9.17) is 0 Å². The zero-order chi connectivity index (χ0) is 21.7. The number of hydrogen-bond donors (Lipinski definition) is 2. The highest BCUT2D eigenvalue weighted by molar-refractivity contribution is 8.01. The van der Waals surface area contributed by atoms with Crippen molar-refractivity contribution in [3.05, 3.63) is 46.7 Å². The van der Waals surface area contributed by atoms with Crippen molar-refractivity contribution in [2.45, 2.75) is 36.4 Å². The Bertz CT molecular complexity index is 1130. The van der Waals surface area contributed by atoms with Crippen LogP contribution < -0.4 is 10.0 Å². The molecule has 3 rings (SSSR count). The van der Waals surface area contributed by atoms with Gasteiger partial charge < -0.3 is 5.32 Å². The number of nitrogens with zero attached hydrogens (tertiary/aromatic N) is 4. The molecule has 0 bridgehead atoms. The van der Waals surface area contributed by atoms with Crippen LogP contribution in [0.2, 0.25) is 0 Å². The second-order valence-electron chi connectivity index (χ2n) is 6.34. The molecule has 0 saturated carbocycles. The van der Waals surface area contributed by atoms with Gasteiger partial charge in [-0.15, -0.1) is 10.2 Å². The third-order valence-corrected chi connectivity index (χ3v) is 7.04. The smallest absolute Gasteiger partial charge is 0.264 e. The van der Waals surface area contributed by atoms with Gasteiger partial charge in [-0.25, -0.2) is 23.1 Å². The molecule has 9 nitrogen and oxygen atoms in total. The lowest BCUT2D eigenvalue weighted by molar-refractivity contribution is -0.115. The molecule has 2 heterocycles. The minimum atomic E-state index is -3.84. The predicted octanol–water partition coefficient (Wildman–Crippen LogP) is 3.18. The molecule has 158 valence electrons. The fraction of sp³-hybridized carbons (Fsp3) is 0.278. The third kappa shape index (κ3) is 6.21. The molecule has 0 radical (unpaired) electrons. The lowest BCUT2D eigenvalue weighted by Crippen LogP contribution is -2.16. The number of carbonyl (C=O) groups excluding carboxylic acids is 1. The van der Waals surface area contributed by atoms with E-state index in [1.54, 1.807) is 19.9 Å². The Kier molecular flexibility index (Phi) is 7.00. The number of anilines is 2. The monoisotopic (exact) mass is 464 g/mol. The number of benzene rings is 1. The molecular weight excluding hydrogens is 444 g/mol. The summed E-state index contributed by atoms with van der Waals surface area (Å²) in [5.41, 5.74) is 1.84. The quantitative estimate of drug-likeness (QED) is 0.487. The fourth-order valence-corrected chi connectivity index (χ4v) is 5.23. The highest BCUT2D eigenvalue weighted by Gasteiger charge is 2.16. The Hall–Kier alpha value is -2.57. The summed E-state index contributed by atoms with van der Waals surface area (Å²) in [5.74, 6) is 0.432. The minimum absolute atomic E-state index is 0.0213. The zero-order valence-corrected chi connectivity index (χ0v) is 19.0. The SMILES string of the molecule is Cc1cc(C)nc(NS(=O)(=O)c2ccc(NC(=O)CCSc3nnc(C)s3)cc2)n1. The van der Waals surface area contributed by atoms with E-state index in [1.807, 2.05) is 6.92 Å². The number of thioether (sulfide) groups is 1. The first-order valence-electron chi connectivity index (χ1n) is 8.89. The first-order valence-corrected chi connectivity index (χ1v) is 12.2. The van der Waals surface area contributed by atoms with Gasteiger partial charge in [0.2, 0.25) is 11.9 Å². The molecule has 2 aromatic heterocycles. The Morgan fingerprint density at radius 1 is 1.07 bits per heavy atom. The van der Waals surface area contributed by atoms with Crippen molar-refractivity contribution in [2.75, 3.05) is 15.8 Å². The maximum Gasteiger partial charge on any atom is 0.264 e. The van der Waals surface area contributed by atoms with Gasteiger partial charge in [0, 0.05) is 29.2 Å². The molecular formula is C18H20N6O3S3. The van der Waals surface area contributed by atoms with Gasteiger partial charge in [-0.3, -0.25) is 4.79 Å². The fourth-order valence-electron chi connectivity index (χ4n) is 2.46. The number of aryl methyl sites for hydroxylation is 3. The van der Waals surface area contributed by atoms with Crippen molar-refractivity contribution in [1.82, 2.24) is 20.2 Å². The van der Waals surface area contributed by atoms with Crippen molar-refractivity contribution in [3.8, 4) is 0 Å². The van der Waals surface area contributed by atoms with Gasteiger partial charge in [-0.05, 0) is 51.1 Å².